The Kier molecular flexibility index (Phi) is 3.13. The van der Waals surface area contributed by atoms with Crippen LogP contribution in [0.3, 0.4) is 0 Å². The van der Waals surface area contributed by atoms with Crippen LogP contribution < -0.4 is 20.8 Å². The highest BCUT2D eigenvalue weighted by Gasteiger charge is 2.13. The first-order chi connectivity index (χ1) is 8.61. The minimum atomic E-state index is -0.483. The second-order valence-electron chi connectivity index (χ2n) is 3.35. The topological polar surface area (TPSA) is 90.2 Å². The predicted molar refractivity (Wildman–Crippen MR) is 62.3 cm³/mol. The average molecular weight is 251 g/mol. The lowest BCUT2D eigenvalue weighted by molar-refractivity contribution is 0.363. The maximum atomic E-state index is 12.9. The Morgan fingerprint density at radius 1 is 1.44 bits per heavy atom. The Morgan fingerprint density at radius 3 is 2.89 bits per heavy atom. The zero-order chi connectivity index (χ0) is 13.1. The summed E-state index contributed by atoms with van der Waals surface area (Å²) in [6.45, 7) is 0. The van der Waals surface area contributed by atoms with E-state index in [2.05, 4.69) is 9.97 Å². The van der Waals surface area contributed by atoms with Gasteiger partial charge < -0.3 is 20.2 Å². The van der Waals surface area contributed by atoms with Gasteiger partial charge in [0.25, 0.3) is 11.4 Å². The summed E-state index contributed by atoms with van der Waals surface area (Å²) in [7, 11) is 1.31. The molecule has 7 heteroatoms. The number of halogens is 1. The highest BCUT2D eigenvalue weighted by molar-refractivity contribution is 5.54. The van der Waals surface area contributed by atoms with Gasteiger partial charge >= 0.3 is 0 Å². The van der Waals surface area contributed by atoms with Gasteiger partial charge in [-0.3, -0.25) is 4.79 Å². The Balaban J connectivity index is 2.40. The molecule has 6 nitrogen and oxygen atoms in total. The lowest BCUT2D eigenvalue weighted by Crippen LogP contribution is -2.11. The van der Waals surface area contributed by atoms with E-state index in [0.29, 0.717) is 0 Å². The highest BCUT2D eigenvalue weighted by atomic mass is 19.1. The third kappa shape index (κ3) is 2.24. The van der Waals surface area contributed by atoms with Crippen LogP contribution in [0.4, 0.5) is 10.1 Å². The summed E-state index contributed by atoms with van der Waals surface area (Å²) in [6, 6.07) is 3.63. The molecule has 18 heavy (non-hydrogen) atoms. The monoisotopic (exact) mass is 251 g/mol. The maximum Gasteiger partial charge on any atom is 0.297 e. The number of aromatic amines is 1. The molecule has 0 radical (unpaired) electrons. The number of hydrogen-bond acceptors (Lipinski definition) is 5. The molecule has 0 unspecified atom stereocenters. The van der Waals surface area contributed by atoms with Crippen molar-refractivity contribution < 1.29 is 13.9 Å². The Labute approximate surface area is 101 Å². The van der Waals surface area contributed by atoms with E-state index in [4.69, 9.17) is 15.2 Å². The quantitative estimate of drug-likeness (QED) is 0.802. The molecule has 2 aromatic rings. The van der Waals surface area contributed by atoms with Crippen molar-refractivity contribution in [2.24, 2.45) is 0 Å². The number of nitrogens with one attached hydrogen (secondary N) is 1. The number of methoxy groups -OCH3 is 1. The smallest absolute Gasteiger partial charge is 0.297 e. The zero-order valence-electron chi connectivity index (χ0n) is 9.44. The van der Waals surface area contributed by atoms with Crippen molar-refractivity contribution in [1.29, 1.82) is 0 Å². The summed E-state index contributed by atoms with van der Waals surface area (Å²) < 4.78 is 23.0. The van der Waals surface area contributed by atoms with Gasteiger partial charge in [-0.15, -0.1) is 0 Å². The van der Waals surface area contributed by atoms with Crippen molar-refractivity contribution in [3.05, 3.63) is 40.7 Å². The van der Waals surface area contributed by atoms with Crippen LogP contribution >= 0.6 is 0 Å². The second kappa shape index (κ2) is 4.74. The Morgan fingerprint density at radius 2 is 2.22 bits per heavy atom. The lowest BCUT2D eigenvalue weighted by atomic mass is 10.3. The fourth-order valence-corrected chi connectivity index (χ4v) is 1.34. The van der Waals surface area contributed by atoms with Crippen molar-refractivity contribution in [2.45, 2.75) is 0 Å². The van der Waals surface area contributed by atoms with Gasteiger partial charge in [-0.25, -0.2) is 9.37 Å². The van der Waals surface area contributed by atoms with Gasteiger partial charge in [-0.1, -0.05) is 0 Å². The number of nitrogens with zero attached hydrogens (tertiary/aromatic N) is 1. The number of nitrogen functional groups attached to an aromatic ring is 1. The molecule has 0 aliphatic rings. The molecule has 0 fully saturated rings. The Bertz CT molecular complexity index is 627. The van der Waals surface area contributed by atoms with E-state index >= 15 is 0 Å². The third-order valence-electron chi connectivity index (χ3n) is 2.16. The van der Waals surface area contributed by atoms with Crippen molar-refractivity contribution in [3.63, 3.8) is 0 Å². The molecular formula is C11H10FN3O3. The maximum absolute atomic E-state index is 12.9. The molecule has 0 spiro atoms. The van der Waals surface area contributed by atoms with E-state index in [1.807, 2.05) is 0 Å². The molecule has 0 atom stereocenters. The number of nitrogens with two attached hydrogens (primary N) is 1. The van der Waals surface area contributed by atoms with Crippen LogP contribution in [0.1, 0.15) is 0 Å². The van der Waals surface area contributed by atoms with Gasteiger partial charge in [-0.05, 0) is 12.1 Å². The third-order valence-corrected chi connectivity index (χ3v) is 2.16. The van der Waals surface area contributed by atoms with Crippen LogP contribution in [0.15, 0.2) is 29.3 Å². The van der Waals surface area contributed by atoms with Crippen LogP contribution in [0.5, 0.6) is 17.4 Å². The fourth-order valence-electron chi connectivity index (χ4n) is 1.34. The fraction of sp³-hybridized carbons (Fsp3) is 0.0909. The first kappa shape index (κ1) is 11.9. The van der Waals surface area contributed by atoms with Gasteiger partial charge in [0.15, 0.2) is 5.75 Å². The summed E-state index contributed by atoms with van der Waals surface area (Å²) in [4.78, 5) is 17.6. The SMILES string of the molecule is COc1c(Oc2ccc(F)cc2N)nc[nH]c1=O. The number of anilines is 1. The molecule has 0 bridgehead atoms. The van der Waals surface area contributed by atoms with Crippen molar-refractivity contribution in [1.82, 2.24) is 9.97 Å². The van der Waals surface area contributed by atoms with E-state index in [9.17, 15) is 9.18 Å². The zero-order valence-corrected chi connectivity index (χ0v) is 9.44. The molecule has 94 valence electrons. The molecule has 1 aromatic carbocycles. The van der Waals surface area contributed by atoms with Gasteiger partial charge in [0.05, 0.1) is 19.1 Å². The standard InChI is InChI=1S/C11H10FN3O3/c1-17-9-10(16)14-5-15-11(9)18-8-3-2-6(12)4-7(8)13/h2-5H,13H2,1H3,(H,14,15,16). The van der Waals surface area contributed by atoms with E-state index in [1.165, 1.54) is 25.6 Å². The van der Waals surface area contributed by atoms with Gasteiger partial charge in [0.2, 0.25) is 5.75 Å². The molecule has 0 aliphatic carbocycles. The van der Waals surface area contributed by atoms with E-state index < -0.39 is 11.4 Å². The van der Waals surface area contributed by atoms with Crippen molar-refractivity contribution >= 4 is 5.69 Å². The molecule has 0 saturated carbocycles. The number of ether oxygens (including phenoxy) is 2. The first-order valence-electron chi connectivity index (χ1n) is 4.96. The van der Waals surface area contributed by atoms with Crippen LogP contribution in [-0.2, 0) is 0 Å². The summed E-state index contributed by atoms with van der Waals surface area (Å²) in [5.41, 5.74) is 5.19. The van der Waals surface area contributed by atoms with E-state index in [1.54, 1.807) is 0 Å². The number of rotatable bonds is 3. The summed E-state index contributed by atoms with van der Waals surface area (Å²) in [5.74, 6) is -0.417. The largest absolute Gasteiger partial charge is 0.487 e. The summed E-state index contributed by atoms with van der Waals surface area (Å²) >= 11 is 0. The molecule has 1 heterocycles. The van der Waals surface area contributed by atoms with Crippen LogP contribution in [0.25, 0.3) is 0 Å². The number of H-pyrrole nitrogens is 1. The lowest BCUT2D eigenvalue weighted by Gasteiger charge is -2.09. The molecular weight excluding hydrogens is 241 g/mol. The van der Waals surface area contributed by atoms with Crippen LogP contribution in [-0.4, -0.2) is 17.1 Å². The Hall–Kier alpha value is -2.57. The molecule has 1 aromatic heterocycles. The molecule has 0 aliphatic heterocycles. The minimum absolute atomic E-state index is 0.0421. The van der Waals surface area contributed by atoms with Crippen LogP contribution in [0.2, 0.25) is 0 Å². The van der Waals surface area contributed by atoms with Gasteiger partial charge in [0.1, 0.15) is 5.82 Å². The molecule has 3 N–H and O–H groups in total. The van der Waals surface area contributed by atoms with E-state index in [-0.39, 0.29) is 23.1 Å². The minimum Gasteiger partial charge on any atom is -0.487 e. The summed E-state index contributed by atoms with van der Waals surface area (Å²) in [5, 5.41) is 0. The highest BCUT2D eigenvalue weighted by Crippen LogP contribution is 2.29. The first-order valence-corrected chi connectivity index (χ1v) is 4.96. The number of hydrogen-bond donors (Lipinski definition) is 2. The molecule has 0 saturated heterocycles. The number of benzene rings is 1. The van der Waals surface area contributed by atoms with E-state index in [0.717, 1.165) is 6.07 Å². The predicted octanol–water partition coefficient (Wildman–Crippen LogP) is 1.29. The summed E-state index contributed by atoms with van der Waals surface area (Å²) in [6.07, 6.45) is 1.17. The van der Waals surface area contributed by atoms with Crippen molar-refractivity contribution in [2.75, 3.05) is 12.8 Å². The van der Waals surface area contributed by atoms with Crippen molar-refractivity contribution in [3.8, 4) is 17.4 Å². The van der Waals surface area contributed by atoms with Gasteiger partial charge in [0, 0.05) is 6.07 Å². The number of aromatic nitrogens is 2. The second-order valence-corrected chi connectivity index (χ2v) is 3.35. The molecule has 2 rings (SSSR count). The van der Waals surface area contributed by atoms with Crippen LogP contribution in [0, 0.1) is 5.82 Å². The average Bonchev–Trinajstić information content (AvgIpc) is 2.33. The van der Waals surface area contributed by atoms with Gasteiger partial charge in [-0.2, -0.15) is 0 Å². The molecule has 0 amide bonds. The normalized spacial score (nSPS) is 10.1.